The fourth-order valence-corrected chi connectivity index (χ4v) is 3.05. The van der Waals surface area contributed by atoms with Crippen molar-refractivity contribution in [3.8, 4) is 0 Å². The Labute approximate surface area is 117 Å². The summed E-state index contributed by atoms with van der Waals surface area (Å²) in [6.45, 7) is 0. The molecule has 1 aromatic carbocycles. The van der Waals surface area contributed by atoms with Crippen molar-refractivity contribution in [2.24, 2.45) is 0 Å². The van der Waals surface area contributed by atoms with E-state index in [2.05, 4.69) is 16.4 Å². The van der Waals surface area contributed by atoms with Crippen LogP contribution >= 0.6 is 23.4 Å². The molecule has 18 heavy (non-hydrogen) atoms. The van der Waals surface area contributed by atoms with Crippen LogP contribution in [0, 0.1) is 0 Å². The maximum atomic E-state index is 6.14. The number of hydrogen-bond acceptors (Lipinski definition) is 3. The van der Waals surface area contributed by atoms with Gasteiger partial charge in [-0.2, -0.15) is 0 Å². The van der Waals surface area contributed by atoms with Crippen molar-refractivity contribution in [3.05, 3.63) is 59.4 Å². The Bertz CT molecular complexity index is 490. The van der Waals surface area contributed by atoms with Crippen LogP contribution in [0.3, 0.4) is 0 Å². The number of halogens is 1. The molecule has 0 bridgehead atoms. The third-order valence-electron chi connectivity index (χ3n) is 2.68. The lowest BCUT2D eigenvalue weighted by Gasteiger charge is -2.16. The molecule has 0 aliphatic heterocycles. The van der Waals surface area contributed by atoms with Crippen LogP contribution in [-0.4, -0.2) is 17.8 Å². The molecule has 1 N–H and O–H groups in total. The maximum absolute atomic E-state index is 6.14. The highest BCUT2D eigenvalue weighted by molar-refractivity contribution is 7.99. The van der Waals surface area contributed by atoms with E-state index in [9.17, 15) is 0 Å². The Morgan fingerprint density at radius 3 is 2.78 bits per heavy atom. The molecule has 1 unspecified atom stereocenters. The molecule has 2 nitrogen and oxygen atoms in total. The lowest BCUT2D eigenvalue weighted by atomic mass is 10.1. The largest absolute Gasteiger partial charge is 0.312 e. The Hall–Kier alpha value is -1.03. The van der Waals surface area contributed by atoms with Gasteiger partial charge in [0.15, 0.2) is 0 Å². The topological polar surface area (TPSA) is 24.9 Å². The summed E-state index contributed by atoms with van der Waals surface area (Å²) in [5, 5.41) is 4.11. The Morgan fingerprint density at radius 2 is 2.11 bits per heavy atom. The normalized spacial score (nSPS) is 12.3. The fraction of sp³-hybridized carbons (Fsp3) is 0.214. The van der Waals surface area contributed by atoms with Gasteiger partial charge in [-0.3, -0.25) is 4.98 Å². The van der Waals surface area contributed by atoms with E-state index in [1.807, 2.05) is 43.6 Å². The van der Waals surface area contributed by atoms with Crippen LogP contribution in [-0.2, 0) is 0 Å². The molecule has 0 aliphatic carbocycles. The zero-order valence-electron chi connectivity index (χ0n) is 10.1. The van der Waals surface area contributed by atoms with Crippen LogP contribution in [0.25, 0.3) is 0 Å². The monoisotopic (exact) mass is 278 g/mol. The molecule has 4 heteroatoms. The van der Waals surface area contributed by atoms with Gasteiger partial charge in [0.1, 0.15) is 0 Å². The molecule has 2 aromatic rings. The standard InChI is InChI=1S/C14H15ClN2S/c1-16-13(11-5-4-8-17-9-11)10-18-14-7-3-2-6-12(14)15/h2-9,13,16H,10H2,1H3. The number of rotatable bonds is 5. The quantitative estimate of drug-likeness (QED) is 0.843. The van der Waals surface area contributed by atoms with Crippen molar-refractivity contribution < 1.29 is 0 Å². The molecular weight excluding hydrogens is 264 g/mol. The summed E-state index contributed by atoms with van der Waals surface area (Å²) in [6, 6.07) is 12.2. The van der Waals surface area contributed by atoms with E-state index in [1.54, 1.807) is 18.0 Å². The Balaban J connectivity index is 2.02. The highest BCUT2D eigenvalue weighted by Gasteiger charge is 2.10. The summed E-state index contributed by atoms with van der Waals surface area (Å²) >= 11 is 7.90. The van der Waals surface area contributed by atoms with E-state index in [-0.39, 0.29) is 6.04 Å². The predicted octanol–water partition coefficient (Wildman–Crippen LogP) is 3.79. The van der Waals surface area contributed by atoms with Crippen molar-refractivity contribution in [1.82, 2.24) is 10.3 Å². The van der Waals surface area contributed by atoms with Crippen LogP contribution < -0.4 is 5.32 Å². The van der Waals surface area contributed by atoms with E-state index in [4.69, 9.17) is 11.6 Å². The number of hydrogen-bond donors (Lipinski definition) is 1. The molecule has 1 atom stereocenters. The average molecular weight is 279 g/mol. The lowest BCUT2D eigenvalue weighted by molar-refractivity contribution is 0.659. The highest BCUT2D eigenvalue weighted by Crippen LogP contribution is 2.29. The number of thioether (sulfide) groups is 1. The second-order valence-corrected chi connectivity index (χ2v) is 5.34. The zero-order chi connectivity index (χ0) is 12.8. The van der Waals surface area contributed by atoms with Gasteiger partial charge in [0.05, 0.1) is 5.02 Å². The molecule has 0 saturated carbocycles. The van der Waals surface area contributed by atoms with Crippen LogP contribution in [0.1, 0.15) is 11.6 Å². The molecule has 0 radical (unpaired) electrons. The summed E-state index contributed by atoms with van der Waals surface area (Å²) in [5.74, 6) is 0.923. The maximum Gasteiger partial charge on any atom is 0.0541 e. The zero-order valence-corrected chi connectivity index (χ0v) is 11.7. The van der Waals surface area contributed by atoms with Crippen molar-refractivity contribution >= 4 is 23.4 Å². The number of aromatic nitrogens is 1. The summed E-state index contributed by atoms with van der Waals surface area (Å²) in [5.41, 5.74) is 1.19. The van der Waals surface area contributed by atoms with Crippen molar-refractivity contribution in [3.63, 3.8) is 0 Å². The van der Waals surface area contributed by atoms with E-state index in [0.717, 1.165) is 15.7 Å². The Morgan fingerprint density at radius 1 is 1.28 bits per heavy atom. The van der Waals surface area contributed by atoms with Gasteiger partial charge in [-0.1, -0.05) is 29.8 Å². The molecule has 0 amide bonds. The van der Waals surface area contributed by atoms with Crippen LogP contribution in [0.2, 0.25) is 5.02 Å². The van der Waals surface area contributed by atoms with Gasteiger partial charge in [0, 0.05) is 29.1 Å². The number of nitrogens with zero attached hydrogens (tertiary/aromatic N) is 1. The van der Waals surface area contributed by atoms with Crippen molar-refractivity contribution in [2.75, 3.05) is 12.8 Å². The van der Waals surface area contributed by atoms with Crippen LogP contribution in [0.4, 0.5) is 0 Å². The number of nitrogens with one attached hydrogen (secondary N) is 1. The minimum Gasteiger partial charge on any atom is -0.312 e. The Kier molecular flexibility index (Phi) is 5.05. The fourth-order valence-electron chi connectivity index (χ4n) is 1.66. The first-order valence-electron chi connectivity index (χ1n) is 5.76. The number of pyridine rings is 1. The van der Waals surface area contributed by atoms with Crippen LogP contribution in [0.15, 0.2) is 53.7 Å². The molecule has 0 fully saturated rings. The first-order chi connectivity index (χ1) is 8.81. The lowest BCUT2D eigenvalue weighted by Crippen LogP contribution is -2.18. The molecule has 1 aromatic heterocycles. The predicted molar refractivity (Wildman–Crippen MR) is 78.2 cm³/mol. The van der Waals surface area contributed by atoms with Gasteiger partial charge in [-0.15, -0.1) is 11.8 Å². The van der Waals surface area contributed by atoms with E-state index in [0.29, 0.717) is 0 Å². The summed E-state index contributed by atoms with van der Waals surface area (Å²) in [6.07, 6.45) is 3.69. The average Bonchev–Trinajstić information content (AvgIpc) is 2.42. The van der Waals surface area contributed by atoms with Crippen molar-refractivity contribution in [1.29, 1.82) is 0 Å². The second-order valence-electron chi connectivity index (χ2n) is 3.87. The third-order valence-corrected chi connectivity index (χ3v) is 4.29. The summed E-state index contributed by atoms with van der Waals surface area (Å²) < 4.78 is 0. The minimum absolute atomic E-state index is 0.278. The van der Waals surface area contributed by atoms with Gasteiger partial charge in [0.2, 0.25) is 0 Å². The van der Waals surface area contributed by atoms with Gasteiger partial charge < -0.3 is 5.32 Å². The second kappa shape index (κ2) is 6.78. The molecule has 94 valence electrons. The molecule has 2 rings (SSSR count). The minimum atomic E-state index is 0.278. The van der Waals surface area contributed by atoms with E-state index in [1.165, 1.54) is 5.56 Å². The van der Waals surface area contributed by atoms with Gasteiger partial charge in [0.25, 0.3) is 0 Å². The van der Waals surface area contributed by atoms with Gasteiger partial charge in [-0.25, -0.2) is 0 Å². The first-order valence-corrected chi connectivity index (χ1v) is 7.12. The van der Waals surface area contributed by atoms with Gasteiger partial charge >= 0.3 is 0 Å². The highest BCUT2D eigenvalue weighted by atomic mass is 35.5. The molecule has 0 spiro atoms. The van der Waals surface area contributed by atoms with E-state index >= 15 is 0 Å². The summed E-state index contributed by atoms with van der Waals surface area (Å²) in [4.78, 5) is 5.26. The molecule has 1 heterocycles. The van der Waals surface area contributed by atoms with Crippen LogP contribution in [0.5, 0.6) is 0 Å². The first kappa shape index (κ1) is 13.4. The summed E-state index contributed by atoms with van der Waals surface area (Å²) in [7, 11) is 1.96. The SMILES string of the molecule is CNC(CSc1ccccc1Cl)c1cccnc1. The molecule has 0 aliphatic rings. The smallest absolute Gasteiger partial charge is 0.0541 e. The molecule has 0 saturated heterocycles. The molecular formula is C14H15ClN2S. The van der Waals surface area contributed by atoms with E-state index < -0.39 is 0 Å². The van der Waals surface area contributed by atoms with Crippen molar-refractivity contribution in [2.45, 2.75) is 10.9 Å². The van der Waals surface area contributed by atoms with Gasteiger partial charge in [-0.05, 0) is 30.8 Å². The number of benzene rings is 1. The third kappa shape index (κ3) is 3.48.